The van der Waals surface area contributed by atoms with E-state index in [1.807, 2.05) is 32.5 Å². The summed E-state index contributed by atoms with van der Waals surface area (Å²) < 4.78 is 5.59. The Kier molecular flexibility index (Phi) is 6.35. The number of ether oxygens (including phenoxy) is 1. The molecule has 1 aromatic heterocycles. The van der Waals surface area contributed by atoms with Gasteiger partial charge in [-0.2, -0.15) is 26.7 Å². The van der Waals surface area contributed by atoms with E-state index in [2.05, 4.69) is 25.6 Å². The highest BCUT2D eigenvalue weighted by Gasteiger charge is 2.15. The van der Waals surface area contributed by atoms with E-state index in [1.165, 1.54) is 25.0 Å². The smallest absolute Gasteiger partial charge is 0.323 e. The van der Waals surface area contributed by atoms with Crippen LogP contribution in [-0.4, -0.2) is 45.1 Å². The third kappa shape index (κ3) is 5.57. The Balaban J connectivity index is 2.00. The summed E-state index contributed by atoms with van der Waals surface area (Å²) in [4.78, 5) is 13.0. The summed E-state index contributed by atoms with van der Waals surface area (Å²) in [5.74, 6) is 2.40. The van der Waals surface area contributed by atoms with Gasteiger partial charge in [0.25, 0.3) is 0 Å². The largest absolute Gasteiger partial charge is 0.461 e. The number of hydrogen-bond acceptors (Lipinski definition) is 7. The second-order valence-electron chi connectivity index (χ2n) is 5.33. The summed E-state index contributed by atoms with van der Waals surface area (Å²) in [7, 11) is 0. The lowest BCUT2D eigenvalue weighted by atomic mass is 10.2. The fourth-order valence-corrected chi connectivity index (χ4v) is 3.35. The molecule has 7 heteroatoms. The molecule has 21 heavy (non-hydrogen) atoms. The molecule has 1 aromatic rings. The van der Waals surface area contributed by atoms with Crippen molar-refractivity contribution >= 4 is 23.7 Å². The highest BCUT2D eigenvalue weighted by atomic mass is 32.2. The molecule has 1 aliphatic rings. The molecule has 1 aliphatic heterocycles. The van der Waals surface area contributed by atoms with E-state index < -0.39 is 0 Å². The van der Waals surface area contributed by atoms with Crippen molar-refractivity contribution in [3.8, 4) is 6.01 Å². The minimum absolute atomic E-state index is 0.0450. The van der Waals surface area contributed by atoms with Gasteiger partial charge in [-0.05, 0) is 39.4 Å². The van der Waals surface area contributed by atoms with Crippen molar-refractivity contribution in [2.24, 2.45) is 0 Å². The van der Waals surface area contributed by atoms with Crippen LogP contribution in [0.1, 0.15) is 40.0 Å². The Hall–Kier alpha value is -1.24. The molecule has 0 aliphatic carbocycles. The van der Waals surface area contributed by atoms with E-state index in [-0.39, 0.29) is 6.10 Å². The number of anilines is 2. The molecule has 1 saturated heterocycles. The minimum Gasteiger partial charge on any atom is -0.461 e. The van der Waals surface area contributed by atoms with Crippen LogP contribution in [0.3, 0.4) is 0 Å². The zero-order valence-corrected chi connectivity index (χ0v) is 13.9. The van der Waals surface area contributed by atoms with Crippen molar-refractivity contribution in [3.63, 3.8) is 0 Å². The van der Waals surface area contributed by atoms with Crippen LogP contribution in [0.15, 0.2) is 0 Å². The quantitative estimate of drug-likeness (QED) is 0.802. The Labute approximate surface area is 130 Å². The SMILES string of the molecule is CCNc1nc(NCC2CCCCS2)nc(OC(C)C)n1. The molecule has 0 aromatic carbocycles. The summed E-state index contributed by atoms with van der Waals surface area (Å²) in [6, 6.07) is 0.370. The first-order valence-corrected chi connectivity index (χ1v) is 8.74. The van der Waals surface area contributed by atoms with Gasteiger partial charge in [-0.25, -0.2) is 0 Å². The zero-order chi connectivity index (χ0) is 15.1. The first-order valence-electron chi connectivity index (χ1n) is 7.69. The molecule has 0 bridgehead atoms. The maximum Gasteiger partial charge on any atom is 0.323 e. The second-order valence-corrected chi connectivity index (χ2v) is 6.74. The van der Waals surface area contributed by atoms with Gasteiger partial charge in [-0.3, -0.25) is 0 Å². The molecular weight excluding hydrogens is 286 g/mol. The molecule has 0 saturated carbocycles. The maximum absolute atomic E-state index is 5.59. The topological polar surface area (TPSA) is 72.0 Å². The molecule has 0 amide bonds. The van der Waals surface area contributed by atoms with Gasteiger partial charge < -0.3 is 15.4 Å². The van der Waals surface area contributed by atoms with Gasteiger partial charge in [0.15, 0.2) is 0 Å². The van der Waals surface area contributed by atoms with Crippen molar-refractivity contribution in [3.05, 3.63) is 0 Å². The Bertz CT molecular complexity index is 437. The van der Waals surface area contributed by atoms with Gasteiger partial charge in [0.1, 0.15) is 0 Å². The number of thioether (sulfide) groups is 1. The highest BCUT2D eigenvalue weighted by molar-refractivity contribution is 7.99. The fraction of sp³-hybridized carbons (Fsp3) is 0.786. The van der Waals surface area contributed by atoms with E-state index in [0.717, 1.165) is 13.1 Å². The standard InChI is InChI=1S/C14H25N5OS/c1-4-15-12-17-13(19-14(18-12)20-10(2)3)16-9-11-7-5-6-8-21-11/h10-11H,4-9H2,1-3H3,(H2,15,16,17,18,19). The maximum atomic E-state index is 5.59. The lowest BCUT2D eigenvalue weighted by Crippen LogP contribution is -2.22. The lowest BCUT2D eigenvalue weighted by Gasteiger charge is -2.21. The third-order valence-electron chi connectivity index (χ3n) is 3.05. The first-order chi connectivity index (χ1) is 10.2. The van der Waals surface area contributed by atoms with Gasteiger partial charge in [0, 0.05) is 18.3 Å². The predicted octanol–water partition coefficient (Wildman–Crippen LogP) is 2.79. The third-order valence-corrected chi connectivity index (χ3v) is 4.45. The normalized spacial score (nSPS) is 18.6. The van der Waals surface area contributed by atoms with E-state index in [0.29, 0.717) is 23.2 Å². The molecule has 2 heterocycles. The molecule has 118 valence electrons. The van der Waals surface area contributed by atoms with Gasteiger partial charge in [0.05, 0.1) is 6.10 Å². The predicted molar refractivity (Wildman–Crippen MR) is 88.3 cm³/mol. The van der Waals surface area contributed by atoms with E-state index in [1.54, 1.807) is 0 Å². The summed E-state index contributed by atoms with van der Waals surface area (Å²) in [6.45, 7) is 7.59. The summed E-state index contributed by atoms with van der Waals surface area (Å²) in [6.07, 6.45) is 3.96. The molecule has 6 nitrogen and oxygen atoms in total. The van der Waals surface area contributed by atoms with Crippen LogP contribution in [0, 0.1) is 0 Å². The Morgan fingerprint density at radius 2 is 1.95 bits per heavy atom. The first kappa shape index (κ1) is 16.1. The van der Waals surface area contributed by atoms with Crippen molar-refractivity contribution in [2.75, 3.05) is 29.5 Å². The number of rotatable bonds is 7. The average molecular weight is 311 g/mol. The molecule has 0 radical (unpaired) electrons. The summed E-state index contributed by atoms with van der Waals surface area (Å²) in [5, 5.41) is 7.08. The fourth-order valence-electron chi connectivity index (χ4n) is 2.11. The Morgan fingerprint density at radius 3 is 2.57 bits per heavy atom. The van der Waals surface area contributed by atoms with Gasteiger partial charge in [-0.15, -0.1) is 0 Å². The van der Waals surface area contributed by atoms with E-state index in [4.69, 9.17) is 4.74 Å². The molecule has 1 unspecified atom stereocenters. The van der Waals surface area contributed by atoms with Crippen LogP contribution < -0.4 is 15.4 Å². The zero-order valence-electron chi connectivity index (χ0n) is 13.1. The van der Waals surface area contributed by atoms with Crippen molar-refractivity contribution in [2.45, 2.75) is 51.4 Å². The van der Waals surface area contributed by atoms with Crippen molar-refractivity contribution in [1.29, 1.82) is 0 Å². The van der Waals surface area contributed by atoms with E-state index in [9.17, 15) is 0 Å². The molecule has 1 fully saturated rings. The van der Waals surface area contributed by atoms with Crippen LogP contribution >= 0.6 is 11.8 Å². The van der Waals surface area contributed by atoms with E-state index >= 15 is 0 Å². The molecule has 2 rings (SSSR count). The van der Waals surface area contributed by atoms with Crippen molar-refractivity contribution < 1.29 is 4.74 Å². The summed E-state index contributed by atoms with van der Waals surface area (Å²) in [5.41, 5.74) is 0. The van der Waals surface area contributed by atoms with Crippen molar-refractivity contribution in [1.82, 2.24) is 15.0 Å². The van der Waals surface area contributed by atoms with Crippen LogP contribution in [0.4, 0.5) is 11.9 Å². The van der Waals surface area contributed by atoms with Crippen LogP contribution in [0.25, 0.3) is 0 Å². The molecular formula is C14H25N5OS. The second kappa shape index (κ2) is 8.26. The van der Waals surface area contributed by atoms with Crippen LogP contribution in [0.2, 0.25) is 0 Å². The monoisotopic (exact) mass is 311 g/mol. The van der Waals surface area contributed by atoms with Gasteiger partial charge in [-0.1, -0.05) is 6.42 Å². The van der Waals surface area contributed by atoms with Crippen LogP contribution in [-0.2, 0) is 0 Å². The summed E-state index contributed by atoms with van der Waals surface area (Å²) >= 11 is 2.03. The van der Waals surface area contributed by atoms with Gasteiger partial charge >= 0.3 is 6.01 Å². The number of nitrogens with one attached hydrogen (secondary N) is 2. The highest BCUT2D eigenvalue weighted by Crippen LogP contribution is 2.25. The number of nitrogens with zero attached hydrogens (tertiary/aromatic N) is 3. The number of aromatic nitrogens is 3. The lowest BCUT2D eigenvalue weighted by molar-refractivity contribution is 0.222. The number of hydrogen-bond donors (Lipinski definition) is 2. The Morgan fingerprint density at radius 1 is 1.19 bits per heavy atom. The minimum atomic E-state index is 0.0450. The average Bonchev–Trinajstić information content (AvgIpc) is 2.46. The molecule has 0 spiro atoms. The molecule has 2 N–H and O–H groups in total. The van der Waals surface area contributed by atoms with Crippen LogP contribution in [0.5, 0.6) is 6.01 Å². The molecule has 1 atom stereocenters. The van der Waals surface area contributed by atoms with Gasteiger partial charge in [0.2, 0.25) is 11.9 Å².